The van der Waals surface area contributed by atoms with Crippen LogP contribution >= 0.6 is 11.3 Å². The summed E-state index contributed by atoms with van der Waals surface area (Å²) in [6.45, 7) is 0.619. The second-order valence-corrected chi connectivity index (χ2v) is 6.71. The van der Waals surface area contributed by atoms with Gasteiger partial charge in [-0.05, 0) is 42.0 Å². The van der Waals surface area contributed by atoms with E-state index < -0.39 is 18.2 Å². The number of aliphatic hydroxyl groups is 1. The fourth-order valence-corrected chi connectivity index (χ4v) is 3.32. The SMILES string of the molecule is O=C(O)C(F)(F)F.O=C(c1cccs1)N1CC[C@H](O)[C@@H]1Cc1ccncc1. The standard InChI is InChI=1S/C15H16N2O2S.C2HF3O2/c18-13-5-8-17(15(19)14-2-1-9-20-14)12(13)10-11-3-6-16-7-4-11;3-2(4,5)1(6)7/h1-4,6-7,9,12-13,18H,5,8,10H2;(H,6,7)/t12-,13-;/m0./s1. The molecule has 2 atom stereocenters. The van der Waals surface area contributed by atoms with Gasteiger partial charge in [0.15, 0.2) is 0 Å². The Labute approximate surface area is 156 Å². The number of aliphatic hydroxyl groups excluding tert-OH is 1. The number of nitrogens with zero attached hydrogens (tertiary/aromatic N) is 2. The second kappa shape index (κ2) is 8.96. The maximum atomic E-state index is 12.5. The first-order chi connectivity index (χ1) is 12.7. The molecule has 0 unspecified atom stereocenters. The Hall–Kier alpha value is -2.46. The Morgan fingerprint density at radius 3 is 2.41 bits per heavy atom. The number of carboxylic acid groups (broad SMARTS) is 1. The highest BCUT2D eigenvalue weighted by molar-refractivity contribution is 7.12. The summed E-state index contributed by atoms with van der Waals surface area (Å²) in [7, 11) is 0. The van der Waals surface area contributed by atoms with Crippen LogP contribution in [-0.2, 0) is 11.2 Å². The fourth-order valence-electron chi connectivity index (χ4n) is 2.64. The number of likely N-dealkylation sites (tertiary alicyclic amines) is 1. The number of amides is 1. The van der Waals surface area contributed by atoms with Gasteiger partial charge in [-0.1, -0.05) is 6.07 Å². The molecule has 0 spiro atoms. The third-order valence-electron chi connectivity index (χ3n) is 3.94. The van der Waals surface area contributed by atoms with E-state index in [9.17, 15) is 23.1 Å². The number of hydrogen-bond donors (Lipinski definition) is 2. The number of carboxylic acids is 1. The predicted octanol–water partition coefficient (Wildman–Crippen LogP) is 2.59. The lowest BCUT2D eigenvalue weighted by Crippen LogP contribution is -2.40. The highest BCUT2D eigenvalue weighted by atomic mass is 32.1. The molecule has 10 heteroatoms. The topological polar surface area (TPSA) is 90.7 Å². The third-order valence-corrected chi connectivity index (χ3v) is 4.80. The van der Waals surface area contributed by atoms with Crippen LogP contribution in [0.3, 0.4) is 0 Å². The highest BCUT2D eigenvalue weighted by Crippen LogP contribution is 2.25. The zero-order valence-corrected chi connectivity index (χ0v) is 14.8. The molecular formula is C17H17F3N2O4S. The Morgan fingerprint density at radius 2 is 1.89 bits per heavy atom. The van der Waals surface area contributed by atoms with E-state index in [1.807, 2.05) is 29.6 Å². The Balaban J connectivity index is 0.000000321. The zero-order valence-electron chi connectivity index (χ0n) is 14.0. The quantitative estimate of drug-likeness (QED) is 0.824. The molecular weight excluding hydrogens is 385 g/mol. The van der Waals surface area contributed by atoms with Crippen LogP contribution in [0.5, 0.6) is 0 Å². The van der Waals surface area contributed by atoms with Crippen LogP contribution < -0.4 is 0 Å². The Kier molecular flexibility index (Phi) is 6.92. The first kappa shape index (κ1) is 20.8. The van der Waals surface area contributed by atoms with Crippen LogP contribution in [0.1, 0.15) is 21.7 Å². The first-order valence-electron chi connectivity index (χ1n) is 7.91. The Morgan fingerprint density at radius 1 is 1.26 bits per heavy atom. The van der Waals surface area contributed by atoms with Gasteiger partial charge in [0, 0.05) is 18.9 Å². The summed E-state index contributed by atoms with van der Waals surface area (Å²) in [6, 6.07) is 7.42. The van der Waals surface area contributed by atoms with E-state index in [1.54, 1.807) is 17.3 Å². The molecule has 2 N–H and O–H groups in total. The van der Waals surface area contributed by atoms with Crippen LogP contribution in [0.2, 0.25) is 0 Å². The van der Waals surface area contributed by atoms with Gasteiger partial charge < -0.3 is 15.1 Å². The zero-order chi connectivity index (χ0) is 20.0. The number of halogens is 3. The molecule has 1 fully saturated rings. The van der Waals surface area contributed by atoms with E-state index in [0.29, 0.717) is 19.4 Å². The molecule has 0 aliphatic carbocycles. The summed E-state index contributed by atoms with van der Waals surface area (Å²) >= 11 is 1.44. The van der Waals surface area contributed by atoms with Gasteiger partial charge in [0.1, 0.15) is 0 Å². The molecule has 0 saturated carbocycles. The van der Waals surface area contributed by atoms with Crippen molar-refractivity contribution in [1.29, 1.82) is 0 Å². The van der Waals surface area contributed by atoms with Gasteiger partial charge in [-0.2, -0.15) is 13.2 Å². The van der Waals surface area contributed by atoms with Crippen LogP contribution in [0.25, 0.3) is 0 Å². The van der Waals surface area contributed by atoms with Gasteiger partial charge >= 0.3 is 12.1 Å². The number of aromatic nitrogens is 1. The minimum absolute atomic E-state index is 0.0237. The highest BCUT2D eigenvalue weighted by Gasteiger charge is 2.38. The van der Waals surface area contributed by atoms with Crippen molar-refractivity contribution in [2.24, 2.45) is 0 Å². The van der Waals surface area contributed by atoms with E-state index in [1.165, 1.54) is 11.3 Å². The molecule has 1 aliphatic heterocycles. The molecule has 146 valence electrons. The van der Waals surface area contributed by atoms with Gasteiger partial charge in [-0.25, -0.2) is 4.79 Å². The number of aliphatic carboxylic acids is 1. The van der Waals surface area contributed by atoms with E-state index in [-0.39, 0.29) is 11.9 Å². The van der Waals surface area contributed by atoms with Crippen LogP contribution in [0.4, 0.5) is 13.2 Å². The smallest absolute Gasteiger partial charge is 0.475 e. The largest absolute Gasteiger partial charge is 0.490 e. The molecule has 1 aliphatic rings. The number of pyridine rings is 1. The van der Waals surface area contributed by atoms with Gasteiger partial charge in [0.25, 0.3) is 5.91 Å². The molecule has 0 bridgehead atoms. The van der Waals surface area contributed by atoms with Crippen molar-refractivity contribution in [3.8, 4) is 0 Å². The van der Waals surface area contributed by atoms with E-state index in [0.717, 1.165) is 10.4 Å². The average molecular weight is 402 g/mol. The lowest BCUT2D eigenvalue weighted by molar-refractivity contribution is -0.192. The molecule has 0 radical (unpaired) electrons. The molecule has 3 rings (SSSR count). The summed E-state index contributed by atoms with van der Waals surface area (Å²) in [5.74, 6) is -2.73. The number of carbonyl (C=O) groups is 2. The van der Waals surface area contributed by atoms with Gasteiger partial charge in [0.05, 0.1) is 17.0 Å². The second-order valence-electron chi connectivity index (χ2n) is 5.76. The first-order valence-corrected chi connectivity index (χ1v) is 8.79. The van der Waals surface area contributed by atoms with Crippen LogP contribution in [0, 0.1) is 0 Å². The number of hydrogen-bond acceptors (Lipinski definition) is 5. The molecule has 0 aromatic carbocycles. The normalized spacial score (nSPS) is 19.3. The van der Waals surface area contributed by atoms with Crippen molar-refractivity contribution in [1.82, 2.24) is 9.88 Å². The maximum Gasteiger partial charge on any atom is 0.490 e. The summed E-state index contributed by atoms with van der Waals surface area (Å²) in [4.78, 5) is 27.9. The molecule has 6 nitrogen and oxygen atoms in total. The lowest BCUT2D eigenvalue weighted by Gasteiger charge is -2.26. The van der Waals surface area contributed by atoms with Gasteiger partial charge in [0.2, 0.25) is 0 Å². The molecule has 3 heterocycles. The molecule has 2 aromatic rings. The average Bonchev–Trinajstić information content (AvgIpc) is 3.26. The summed E-state index contributed by atoms with van der Waals surface area (Å²) in [5, 5.41) is 19.2. The minimum atomic E-state index is -5.08. The molecule has 1 amide bonds. The van der Waals surface area contributed by atoms with E-state index >= 15 is 0 Å². The third kappa shape index (κ3) is 5.76. The van der Waals surface area contributed by atoms with Crippen molar-refractivity contribution in [2.45, 2.75) is 31.2 Å². The maximum absolute atomic E-state index is 12.5. The van der Waals surface area contributed by atoms with Gasteiger partial charge in [-0.3, -0.25) is 9.78 Å². The molecule has 27 heavy (non-hydrogen) atoms. The number of alkyl halides is 3. The van der Waals surface area contributed by atoms with Crippen molar-refractivity contribution in [3.63, 3.8) is 0 Å². The van der Waals surface area contributed by atoms with Crippen molar-refractivity contribution >= 4 is 23.2 Å². The summed E-state index contributed by atoms with van der Waals surface area (Å²) in [6.07, 6.45) is -0.746. The van der Waals surface area contributed by atoms with Gasteiger partial charge in [-0.15, -0.1) is 11.3 Å². The van der Waals surface area contributed by atoms with Crippen LogP contribution in [-0.4, -0.2) is 56.8 Å². The fraction of sp³-hybridized carbons (Fsp3) is 0.353. The van der Waals surface area contributed by atoms with Crippen molar-refractivity contribution in [3.05, 3.63) is 52.5 Å². The lowest BCUT2D eigenvalue weighted by atomic mass is 10.0. The van der Waals surface area contributed by atoms with Crippen LogP contribution in [0.15, 0.2) is 42.0 Å². The van der Waals surface area contributed by atoms with E-state index in [2.05, 4.69) is 4.98 Å². The molecule has 2 aromatic heterocycles. The summed E-state index contributed by atoms with van der Waals surface area (Å²) < 4.78 is 31.7. The number of carbonyl (C=O) groups excluding carboxylic acids is 1. The van der Waals surface area contributed by atoms with Crippen molar-refractivity contribution < 1.29 is 33.0 Å². The predicted molar refractivity (Wildman–Crippen MR) is 91.4 cm³/mol. The minimum Gasteiger partial charge on any atom is -0.475 e. The monoisotopic (exact) mass is 402 g/mol. The Bertz CT molecular complexity index is 753. The van der Waals surface area contributed by atoms with E-state index in [4.69, 9.17) is 9.90 Å². The number of thiophene rings is 1. The summed E-state index contributed by atoms with van der Waals surface area (Å²) in [5.41, 5.74) is 1.09. The van der Waals surface area contributed by atoms with Crippen molar-refractivity contribution in [2.75, 3.05) is 6.54 Å². The molecule has 1 saturated heterocycles. The number of rotatable bonds is 3.